The van der Waals surface area contributed by atoms with Crippen molar-refractivity contribution in [2.45, 2.75) is 20.4 Å². The number of nitrogens with one attached hydrogen (secondary N) is 1. The van der Waals surface area contributed by atoms with Crippen LogP contribution in [0.3, 0.4) is 0 Å². The van der Waals surface area contributed by atoms with Crippen molar-refractivity contribution in [3.8, 4) is 5.75 Å². The van der Waals surface area contributed by atoms with Crippen molar-refractivity contribution in [1.82, 2.24) is 0 Å². The molecule has 0 atom stereocenters. The van der Waals surface area contributed by atoms with Crippen LogP contribution in [0.25, 0.3) is 0 Å². The van der Waals surface area contributed by atoms with E-state index >= 15 is 0 Å². The van der Waals surface area contributed by atoms with Crippen molar-refractivity contribution in [3.05, 3.63) is 57.6 Å². The van der Waals surface area contributed by atoms with Gasteiger partial charge in [0.05, 0.1) is 0 Å². The van der Waals surface area contributed by atoms with Crippen molar-refractivity contribution in [3.63, 3.8) is 0 Å². The SMILES string of the molecule is Cc1cc(Br)ccc1NCc1cccc(C)c1O. The van der Waals surface area contributed by atoms with E-state index < -0.39 is 0 Å². The Bertz CT molecular complexity index is 566. The third kappa shape index (κ3) is 2.85. The summed E-state index contributed by atoms with van der Waals surface area (Å²) < 4.78 is 1.07. The quantitative estimate of drug-likeness (QED) is 0.882. The number of halogens is 1. The maximum Gasteiger partial charge on any atom is 0.123 e. The van der Waals surface area contributed by atoms with E-state index in [1.807, 2.05) is 37.3 Å². The highest BCUT2D eigenvalue weighted by Crippen LogP contribution is 2.24. The predicted octanol–water partition coefficient (Wildman–Crippen LogP) is 4.38. The maximum atomic E-state index is 9.94. The number of rotatable bonds is 3. The smallest absolute Gasteiger partial charge is 0.123 e. The Morgan fingerprint density at radius 3 is 2.61 bits per heavy atom. The van der Waals surface area contributed by atoms with Gasteiger partial charge in [0.15, 0.2) is 0 Å². The van der Waals surface area contributed by atoms with Crippen LogP contribution in [0.15, 0.2) is 40.9 Å². The van der Waals surface area contributed by atoms with Gasteiger partial charge in [0.25, 0.3) is 0 Å². The molecule has 0 saturated heterocycles. The Kier molecular flexibility index (Phi) is 3.92. The molecule has 0 fully saturated rings. The molecular formula is C15H16BrNO. The largest absolute Gasteiger partial charge is 0.507 e. The van der Waals surface area contributed by atoms with E-state index in [1.54, 1.807) is 0 Å². The molecule has 0 aromatic heterocycles. The van der Waals surface area contributed by atoms with Gasteiger partial charge >= 0.3 is 0 Å². The molecule has 0 aliphatic carbocycles. The van der Waals surface area contributed by atoms with Crippen molar-refractivity contribution in [2.24, 2.45) is 0 Å². The number of phenolic OH excluding ortho intramolecular Hbond substituents is 1. The van der Waals surface area contributed by atoms with Crippen LogP contribution >= 0.6 is 15.9 Å². The lowest BCUT2D eigenvalue weighted by atomic mass is 10.1. The molecule has 18 heavy (non-hydrogen) atoms. The first kappa shape index (κ1) is 13.0. The van der Waals surface area contributed by atoms with Crippen LogP contribution < -0.4 is 5.32 Å². The Morgan fingerprint density at radius 1 is 1.11 bits per heavy atom. The van der Waals surface area contributed by atoms with Gasteiger partial charge in [0.1, 0.15) is 5.75 Å². The summed E-state index contributed by atoms with van der Waals surface area (Å²) in [5.74, 6) is 0.375. The van der Waals surface area contributed by atoms with Crippen LogP contribution in [0, 0.1) is 13.8 Å². The maximum absolute atomic E-state index is 9.94. The molecule has 0 aliphatic rings. The molecule has 2 N–H and O–H groups in total. The molecule has 0 unspecified atom stereocenters. The summed E-state index contributed by atoms with van der Waals surface area (Å²) >= 11 is 3.45. The molecule has 0 radical (unpaired) electrons. The van der Waals surface area contributed by atoms with E-state index in [0.29, 0.717) is 12.3 Å². The fourth-order valence-electron chi connectivity index (χ4n) is 1.88. The fourth-order valence-corrected chi connectivity index (χ4v) is 2.35. The molecule has 0 amide bonds. The Labute approximate surface area is 116 Å². The topological polar surface area (TPSA) is 32.3 Å². The lowest BCUT2D eigenvalue weighted by Gasteiger charge is -2.12. The standard InChI is InChI=1S/C15H16BrNO/c1-10-4-3-5-12(15(10)18)9-17-14-7-6-13(16)8-11(14)2/h3-8,17-18H,9H2,1-2H3. The first-order valence-corrected chi connectivity index (χ1v) is 6.64. The van der Waals surface area contributed by atoms with Gasteiger partial charge in [0, 0.05) is 22.3 Å². The van der Waals surface area contributed by atoms with Gasteiger partial charge in [-0.25, -0.2) is 0 Å². The number of phenols is 1. The zero-order chi connectivity index (χ0) is 13.1. The van der Waals surface area contributed by atoms with Gasteiger partial charge in [-0.2, -0.15) is 0 Å². The van der Waals surface area contributed by atoms with Gasteiger partial charge in [-0.1, -0.05) is 34.1 Å². The molecule has 0 heterocycles. The Morgan fingerprint density at radius 2 is 1.89 bits per heavy atom. The van der Waals surface area contributed by atoms with E-state index in [1.165, 1.54) is 5.56 Å². The summed E-state index contributed by atoms with van der Waals surface area (Å²) in [5.41, 5.74) is 4.08. The summed E-state index contributed by atoms with van der Waals surface area (Å²) in [6, 6.07) is 11.9. The average molecular weight is 306 g/mol. The summed E-state index contributed by atoms with van der Waals surface area (Å²) in [6.45, 7) is 4.59. The molecule has 0 saturated carbocycles. The van der Waals surface area contributed by atoms with Crippen LogP contribution in [0.5, 0.6) is 5.75 Å². The lowest BCUT2D eigenvalue weighted by molar-refractivity contribution is 0.465. The zero-order valence-electron chi connectivity index (χ0n) is 10.5. The van der Waals surface area contributed by atoms with Crippen LogP contribution in [0.2, 0.25) is 0 Å². The lowest BCUT2D eigenvalue weighted by Crippen LogP contribution is -2.01. The van der Waals surface area contributed by atoms with Gasteiger partial charge in [0.2, 0.25) is 0 Å². The minimum absolute atomic E-state index is 0.375. The highest BCUT2D eigenvalue weighted by molar-refractivity contribution is 9.10. The van der Waals surface area contributed by atoms with E-state index in [9.17, 15) is 5.11 Å². The molecule has 2 rings (SSSR count). The summed E-state index contributed by atoms with van der Waals surface area (Å²) in [4.78, 5) is 0. The van der Waals surface area contributed by atoms with E-state index in [0.717, 1.165) is 21.3 Å². The molecular weight excluding hydrogens is 290 g/mol. The van der Waals surface area contributed by atoms with Gasteiger partial charge in [-0.3, -0.25) is 0 Å². The molecule has 0 bridgehead atoms. The van der Waals surface area contributed by atoms with Crippen LogP contribution in [-0.2, 0) is 6.54 Å². The number of anilines is 1. The summed E-state index contributed by atoms with van der Waals surface area (Å²) in [6.07, 6.45) is 0. The van der Waals surface area contributed by atoms with Crippen molar-refractivity contribution >= 4 is 21.6 Å². The number of hydrogen-bond donors (Lipinski definition) is 2. The van der Waals surface area contributed by atoms with Gasteiger partial charge in [-0.15, -0.1) is 0 Å². The first-order chi connectivity index (χ1) is 8.58. The number of para-hydroxylation sites is 1. The molecule has 0 spiro atoms. The summed E-state index contributed by atoms with van der Waals surface area (Å²) in [5, 5.41) is 13.3. The third-order valence-corrected chi connectivity index (χ3v) is 3.47. The Hall–Kier alpha value is -1.48. The highest BCUT2D eigenvalue weighted by Gasteiger charge is 2.04. The van der Waals surface area contributed by atoms with Gasteiger partial charge < -0.3 is 10.4 Å². The predicted molar refractivity (Wildman–Crippen MR) is 79.0 cm³/mol. The van der Waals surface area contributed by atoms with Crippen LogP contribution in [0.1, 0.15) is 16.7 Å². The van der Waals surface area contributed by atoms with Crippen molar-refractivity contribution < 1.29 is 5.11 Å². The minimum Gasteiger partial charge on any atom is -0.507 e. The van der Waals surface area contributed by atoms with Crippen LogP contribution in [0.4, 0.5) is 5.69 Å². The summed E-state index contributed by atoms with van der Waals surface area (Å²) in [7, 11) is 0. The Balaban J connectivity index is 2.14. The second-order valence-corrected chi connectivity index (χ2v) is 5.31. The average Bonchev–Trinajstić information content (AvgIpc) is 2.33. The number of aromatic hydroxyl groups is 1. The zero-order valence-corrected chi connectivity index (χ0v) is 12.1. The second kappa shape index (κ2) is 5.44. The minimum atomic E-state index is 0.375. The van der Waals surface area contributed by atoms with E-state index in [-0.39, 0.29) is 0 Å². The number of aryl methyl sites for hydroxylation is 2. The highest BCUT2D eigenvalue weighted by atomic mass is 79.9. The molecule has 2 nitrogen and oxygen atoms in total. The van der Waals surface area contributed by atoms with Crippen molar-refractivity contribution in [2.75, 3.05) is 5.32 Å². The molecule has 2 aromatic rings. The molecule has 3 heteroatoms. The normalized spacial score (nSPS) is 10.4. The molecule has 2 aromatic carbocycles. The first-order valence-electron chi connectivity index (χ1n) is 5.85. The molecule has 94 valence electrons. The fraction of sp³-hybridized carbons (Fsp3) is 0.200. The van der Waals surface area contributed by atoms with Gasteiger partial charge in [-0.05, 0) is 43.2 Å². The monoisotopic (exact) mass is 305 g/mol. The van der Waals surface area contributed by atoms with E-state index in [4.69, 9.17) is 0 Å². The number of hydrogen-bond acceptors (Lipinski definition) is 2. The van der Waals surface area contributed by atoms with Crippen LogP contribution in [-0.4, -0.2) is 5.11 Å². The third-order valence-electron chi connectivity index (χ3n) is 2.98. The molecule has 0 aliphatic heterocycles. The number of benzene rings is 2. The van der Waals surface area contributed by atoms with Crippen molar-refractivity contribution in [1.29, 1.82) is 0 Å². The van der Waals surface area contributed by atoms with E-state index in [2.05, 4.69) is 34.2 Å². The second-order valence-electron chi connectivity index (χ2n) is 4.40.